The first-order valence-corrected chi connectivity index (χ1v) is 6.50. The summed E-state index contributed by atoms with van der Waals surface area (Å²) in [6.45, 7) is 2.81. The maximum absolute atomic E-state index is 11.0. The molecule has 0 aromatic carbocycles. The Morgan fingerprint density at radius 3 is 2.42 bits per heavy atom. The van der Waals surface area contributed by atoms with Crippen LogP contribution in [0.3, 0.4) is 0 Å². The maximum Gasteiger partial charge on any atom is 0.152 e. The van der Waals surface area contributed by atoms with Gasteiger partial charge in [-0.05, 0) is 0 Å². The van der Waals surface area contributed by atoms with Crippen molar-refractivity contribution in [3.63, 3.8) is 0 Å². The summed E-state index contributed by atoms with van der Waals surface area (Å²) in [6.07, 6.45) is 0. The quantitative estimate of drug-likeness (QED) is 0.693. The van der Waals surface area contributed by atoms with E-state index in [1.54, 1.807) is 0 Å². The van der Waals surface area contributed by atoms with Crippen molar-refractivity contribution in [2.24, 2.45) is 0 Å². The van der Waals surface area contributed by atoms with Crippen LogP contribution in [-0.2, 0) is 12.9 Å². The van der Waals surface area contributed by atoms with Crippen LogP contribution in [0.1, 0.15) is 0 Å². The summed E-state index contributed by atoms with van der Waals surface area (Å²) in [5.41, 5.74) is 0. The number of sulfone groups is 1. The molecule has 0 unspecified atom stereocenters. The van der Waals surface area contributed by atoms with Gasteiger partial charge in [-0.2, -0.15) is 0 Å². The molecule has 0 radical (unpaired) electrons. The standard InChI is InChI=1S/C6H12INO3S/c7-11-4-1-8-2-5-12(9,10)6-3-8/h1-6H2. The van der Waals surface area contributed by atoms with Crippen LogP contribution in [0.15, 0.2) is 0 Å². The van der Waals surface area contributed by atoms with Crippen LogP contribution in [0.2, 0.25) is 0 Å². The molecular formula is C6H12INO3S. The summed E-state index contributed by atoms with van der Waals surface area (Å²) >= 11 is 1.85. The zero-order valence-corrected chi connectivity index (χ0v) is 9.67. The molecule has 0 aromatic heterocycles. The highest BCUT2D eigenvalue weighted by atomic mass is 127. The number of nitrogens with zero attached hydrogens (tertiary/aromatic N) is 1. The number of halogens is 1. The lowest BCUT2D eigenvalue weighted by atomic mass is 10.5. The van der Waals surface area contributed by atoms with E-state index in [0.717, 1.165) is 6.54 Å². The van der Waals surface area contributed by atoms with Crippen molar-refractivity contribution in [3.05, 3.63) is 0 Å². The second kappa shape index (κ2) is 4.73. The van der Waals surface area contributed by atoms with Gasteiger partial charge in [0, 0.05) is 19.6 Å². The molecular weight excluding hydrogens is 293 g/mol. The molecule has 0 N–H and O–H groups in total. The normalized spacial score (nSPS) is 24.1. The van der Waals surface area contributed by atoms with Gasteiger partial charge >= 0.3 is 0 Å². The number of rotatable bonds is 3. The Balaban J connectivity index is 2.27. The molecule has 1 aliphatic heterocycles. The van der Waals surface area contributed by atoms with Crippen LogP contribution in [0.4, 0.5) is 0 Å². The number of hydrogen-bond acceptors (Lipinski definition) is 4. The Morgan fingerprint density at radius 1 is 1.33 bits per heavy atom. The molecule has 72 valence electrons. The minimum atomic E-state index is -2.73. The van der Waals surface area contributed by atoms with E-state index in [-0.39, 0.29) is 0 Å². The summed E-state index contributed by atoms with van der Waals surface area (Å²) in [4.78, 5) is 2.11. The smallest absolute Gasteiger partial charge is 0.152 e. The average Bonchev–Trinajstić information content (AvgIpc) is 2.03. The molecule has 1 fully saturated rings. The van der Waals surface area contributed by atoms with Crippen LogP contribution < -0.4 is 0 Å². The lowest BCUT2D eigenvalue weighted by Gasteiger charge is -2.25. The first kappa shape index (κ1) is 10.7. The molecule has 0 bridgehead atoms. The van der Waals surface area contributed by atoms with E-state index in [0.29, 0.717) is 31.2 Å². The molecule has 1 saturated heterocycles. The van der Waals surface area contributed by atoms with Crippen molar-refractivity contribution in [1.82, 2.24) is 4.90 Å². The monoisotopic (exact) mass is 305 g/mol. The molecule has 6 heteroatoms. The van der Waals surface area contributed by atoms with Gasteiger partial charge in [0.05, 0.1) is 18.1 Å². The van der Waals surface area contributed by atoms with Gasteiger partial charge in [0.1, 0.15) is 23.0 Å². The van der Waals surface area contributed by atoms with E-state index in [1.807, 2.05) is 23.0 Å². The van der Waals surface area contributed by atoms with Crippen LogP contribution in [0, 0.1) is 0 Å². The molecule has 1 rings (SSSR count). The SMILES string of the molecule is O=S1(=O)CCN(CCOI)CC1. The molecule has 1 aliphatic rings. The van der Waals surface area contributed by atoms with E-state index < -0.39 is 9.84 Å². The van der Waals surface area contributed by atoms with Crippen molar-refractivity contribution in [2.75, 3.05) is 37.7 Å². The number of hydrogen-bond donors (Lipinski definition) is 0. The summed E-state index contributed by atoms with van der Waals surface area (Å²) < 4.78 is 26.9. The third-order valence-corrected chi connectivity index (χ3v) is 3.97. The summed E-state index contributed by atoms with van der Waals surface area (Å²) in [5.74, 6) is 0.600. The molecule has 0 aliphatic carbocycles. The zero-order chi connectivity index (χ0) is 9.03. The van der Waals surface area contributed by atoms with Gasteiger partial charge in [-0.1, -0.05) is 0 Å². The topological polar surface area (TPSA) is 46.6 Å². The van der Waals surface area contributed by atoms with Crippen LogP contribution in [0.5, 0.6) is 0 Å². The van der Waals surface area contributed by atoms with E-state index in [9.17, 15) is 8.42 Å². The maximum atomic E-state index is 11.0. The molecule has 0 aromatic rings. The predicted octanol–water partition coefficient (Wildman–Crippen LogP) is 0.0834. The van der Waals surface area contributed by atoms with Crippen molar-refractivity contribution >= 4 is 32.8 Å². The highest BCUT2D eigenvalue weighted by Crippen LogP contribution is 2.03. The van der Waals surface area contributed by atoms with E-state index in [2.05, 4.69) is 4.90 Å². The first-order chi connectivity index (χ1) is 5.64. The highest BCUT2D eigenvalue weighted by Gasteiger charge is 2.20. The zero-order valence-electron chi connectivity index (χ0n) is 6.70. The fourth-order valence-electron chi connectivity index (χ4n) is 1.14. The van der Waals surface area contributed by atoms with Gasteiger partial charge in [0.25, 0.3) is 0 Å². The molecule has 0 amide bonds. The summed E-state index contributed by atoms with van der Waals surface area (Å²) in [5, 5.41) is 0. The second-order valence-electron chi connectivity index (χ2n) is 2.81. The Morgan fingerprint density at radius 2 is 1.92 bits per heavy atom. The Bertz CT molecular complexity index is 215. The van der Waals surface area contributed by atoms with Gasteiger partial charge in [-0.25, -0.2) is 8.42 Å². The lowest BCUT2D eigenvalue weighted by molar-refractivity contribution is 0.252. The van der Waals surface area contributed by atoms with Crippen LogP contribution in [-0.4, -0.2) is 51.1 Å². The van der Waals surface area contributed by atoms with E-state index in [4.69, 9.17) is 3.07 Å². The predicted molar refractivity (Wildman–Crippen MR) is 55.1 cm³/mol. The van der Waals surface area contributed by atoms with Gasteiger partial charge < -0.3 is 3.07 Å². The third-order valence-electron chi connectivity index (χ3n) is 1.92. The molecule has 1 heterocycles. The summed E-state index contributed by atoms with van der Waals surface area (Å²) in [7, 11) is -2.73. The minimum absolute atomic E-state index is 0.300. The van der Waals surface area contributed by atoms with Crippen molar-refractivity contribution in [3.8, 4) is 0 Å². The van der Waals surface area contributed by atoms with Gasteiger partial charge in [-0.15, -0.1) is 0 Å². The average molecular weight is 305 g/mol. The van der Waals surface area contributed by atoms with Crippen molar-refractivity contribution in [2.45, 2.75) is 0 Å². The molecule has 0 atom stereocenters. The fourth-order valence-corrected chi connectivity index (χ4v) is 2.61. The molecule has 12 heavy (non-hydrogen) atoms. The van der Waals surface area contributed by atoms with Gasteiger partial charge in [-0.3, -0.25) is 4.90 Å². The molecule has 4 nitrogen and oxygen atoms in total. The Labute approximate surface area is 86.9 Å². The van der Waals surface area contributed by atoms with Gasteiger partial charge in [0.15, 0.2) is 9.84 Å². The van der Waals surface area contributed by atoms with E-state index in [1.165, 1.54) is 0 Å². The van der Waals surface area contributed by atoms with Gasteiger partial charge in [0.2, 0.25) is 0 Å². The minimum Gasteiger partial charge on any atom is -0.314 e. The Hall–Kier alpha value is 0.600. The van der Waals surface area contributed by atoms with Crippen LogP contribution >= 0.6 is 23.0 Å². The molecule has 0 saturated carbocycles. The fraction of sp³-hybridized carbons (Fsp3) is 1.00. The van der Waals surface area contributed by atoms with E-state index >= 15 is 0 Å². The lowest BCUT2D eigenvalue weighted by Crippen LogP contribution is -2.41. The largest absolute Gasteiger partial charge is 0.314 e. The Kier molecular flexibility index (Phi) is 4.21. The van der Waals surface area contributed by atoms with Crippen LogP contribution in [0.25, 0.3) is 0 Å². The highest BCUT2D eigenvalue weighted by molar-refractivity contribution is 14.1. The third kappa shape index (κ3) is 3.55. The van der Waals surface area contributed by atoms with Crippen molar-refractivity contribution < 1.29 is 11.5 Å². The molecule has 0 spiro atoms. The van der Waals surface area contributed by atoms with Crippen molar-refractivity contribution in [1.29, 1.82) is 0 Å². The first-order valence-electron chi connectivity index (χ1n) is 3.80. The second-order valence-corrected chi connectivity index (χ2v) is 5.73. The summed E-state index contributed by atoms with van der Waals surface area (Å²) in [6, 6.07) is 0.